The molecular weight excluding hydrogens is 282 g/mol. The Labute approximate surface area is 122 Å². The van der Waals surface area contributed by atoms with Crippen LogP contribution in [0.25, 0.3) is 0 Å². The predicted octanol–water partition coefficient (Wildman–Crippen LogP) is 3.25. The minimum Gasteiger partial charge on any atom is -0.345 e. The lowest BCUT2D eigenvalue weighted by Crippen LogP contribution is -2.52. The molecule has 0 atom stereocenters. The fourth-order valence-corrected chi connectivity index (χ4v) is 2.37. The number of thioether (sulfide) groups is 1. The summed E-state index contributed by atoms with van der Waals surface area (Å²) >= 11 is 0.460. The zero-order chi connectivity index (χ0) is 15.2. The van der Waals surface area contributed by atoms with Gasteiger partial charge in [0.1, 0.15) is 0 Å². The Morgan fingerprint density at radius 3 is 2.25 bits per heavy atom. The quantitative estimate of drug-likeness (QED) is 0.760. The zero-order valence-electron chi connectivity index (χ0n) is 11.7. The first-order valence-corrected chi connectivity index (χ1v) is 7.41. The topological polar surface area (TPSA) is 55.1 Å². The van der Waals surface area contributed by atoms with Gasteiger partial charge < -0.3 is 11.1 Å². The molecule has 1 aromatic carbocycles. The number of hydrogen-bond acceptors (Lipinski definition) is 3. The van der Waals surface area contributed by atoms with E-state index >= 15 is 0 Å². The van der Waals surface area contributed by atoms with Crippen LogP contribution in [0.15, 0.2) is 29.2 Å². The molecule has 1 rings (SSSR count). The largest absolute Gasteiger partial charge is 0.345 e. The molecule has 112 valence electrons. The number of halogens is 2. The fraction of sp³-hybridized carbons (Fsp3) is 0.500. The van der Waals surface area contributed by atoms with Crippen LogP contribution in [-0.2, 0) is 0 Å². The van der Waals surface area contributed by atoms with E-state index in [9.17, 15) is 13.6 Å². The van der Waals surface area contributed by atoms with Crippen molar-refractivity contribution in [1.82, 2.24) is 5.32 Å². The third-order valence-electron chi connectivity index (χ3n) is 3.46. The summed E-state index contributed by atoms with van der Waals surface area (Å²) in [5.41, 5.74) is 5.77. The molecule has 0 saturated carbocycles. The number of benzene rings is 1. The number of hydrogen-bond donors (Lipinski definition) is 2. The molecule has 3 N–H and O–H groups in total. The molecule has 0 unspecified atom stereocenters. The van der Waals surface area contributed by atoms with E-state index in [1.165, 1.54) is 12.1 Å². The van der Waals surface area contributed by atoms with Gasteiger partial charge in [0.15, 0.2) is 0 Å². The SMILES string of the molecule is CCC(CC)(CN)NC(=O)c1ccc(SC(F)F)cc1. The van der Waals surface area contributed by atoms with Crippen molar-refractivity contribution < 1.29 is 13.6 Å². The van der Waals surface area contributed by atoms with Crippen molar-refractivity contribution in [3.05, 3.63) is 29.8 Å². The van der Waals surface area contributed by atoms with Gasteiger partial charge in [-0.25, -0.2) is 0 Å². The normalized spacial score (nSPS) is 11.7. The van der Waals surface area contributed by atoms with E-state index in [2.05, 4.69) is 5.32 Å². The molecule has 0 saturated heterocycles. The molecular formula is C14H20F2N2OS. The van der Waals surface area contributed by atoms with Crippen molar-refractivity contribution in [3.63, 3.8) is 0 Å². The van der Waals surface area contributed by atoms with Crippen LogP contribution in [0.3, 0.4) is 0 Å². The maximum absolute atomic E-state index is 12.2. The lowest BCUT2D eigenvalue weighted by molar-refractivity contribution is 0.0895. The monoisotopic (exact) mass is 302 g/mol. The van der Waals surface area contributed by atoms with Crippen molar-refractivity contribution in [2.45, 2.75) is 42.9 Å². The molecule has 0 aliphatic rings. The van der Waals surface area contributed by atoms with Crippen LogP contribution in [0.5, 0.6) is 0 Å². The van der Waals surface area contributed by atoms with E-state index in [0.717, 1.165) is 12.8 Å². The van der Waals surface area contributed by atoms with Gasteiger partial charge in [-0.3, -0.25) is 4.79 Å². The fourth-order valence-electron chi connectivity index (χ4n) is 1.87. The summed E-state index contributed by atoms with van der Waals surface area (Å²) in [5.74, 6) is -2.69. The summed E-state index contributed by atoms with van der Waals surface area (Å²) in [6, 6.07) is 6.14. The van der Waals surface area contributed by atoms with Crippen molar-refractivity contribution >= 4 is 17.7 Å². The number of alkyl halides is 2. The van der Waals surface area contributed by atoms with Gasteiger partial charge in [0, 0.05) is 17.0 Å². The van der Waals surface area contributed by atoms with Crippen LogP contribution in [0.1, 0.15) is 37.0 Å². The number of nitrogens with one attached hydrogen (secondary N) is 1. The highest BCUT2D eigenvalue weighted by molar-refractivity contribution is 7.99. The van der Waals surface area contributed by atoms with E-state index in [0.29, 0.717) is 28.8 Å². The minimum atomic E-state index is -2.46. The maximum atomic E-state index is 12.2. The van der Waals surface area contributed by atoms with Crippen LogP contribution >= 0.6 is 11.8 Å². The molecule has 6 heteroatoms. The van der Waals surface area contributed by atoms with Gasteiger partial charge in [0.25, 0.3) is 11.7 Å². The second-order valence-corrected chi connectivity index (χ2v) is 5.61. The van der Waals surface area contributed by atoms with Crippen LogP contribution in [-0.4, -0.2) is 23.7 Å². The molecule has 0 aliphatic carbocycles. The molecule has 0 aliphatic heterocycles. The first-order valence-electron chi connectivity index (χ1n) is 6.53. The Hall–Kier alpha value is -1.14. The van der Waals surface area contributed by atoms with Crippen molar-refractivity contribution in [2.24, 2.45) is 5.73 Å². The van der Waals surface area contributed by atoms with Crippen LogP contribution in [0.2, 0.25) is 0 Å². The molecule has 0 radical (unpaired) electrons. The summed E-state index contributed by atoms with van der Waals surface area (Å²) < 4.78 is 24.4. The second-order valence-electron chi connectivity index (χ2n) is 4.55. The average molecular weight is 302 g/mol. The third-order valence-corrected chi connectivity index (χ3v) is 4.19. The van der Waals surface area contributed by atoms with E-state index < -0.39 is 11.3 Å². The first-order chi connectivity index (χ1) is 9.46. The molecule has 0 spiro atoms. The summed E-state index contributed by atoms with van der Waals surface area (Å²) in [5, 5.41) is 2.94. The highest BCUT2D eigenvalue weighted by Crippen LogP contribution is 2.25. The standard InChI is InChI=1S/C14H20F2N2OS/c1-3-14(4-2,9-17)18-12(19)10-5-7-11(8-6-10)20-13(15)16/h5-8,13H,3-4,9,17H2,1-2H3,(H,18,19). The number of carbonyl (C=O) groups is 1. The molecule has 1 amide bonds. The third kappa shape index (κ3) is 4.45. The zero-order valence-corrected chi connectivity index (χ0v) is 12.5. The Kier molecular flexibility index (Phi) is 6.42. The van der Waals surface area contributed by atoms with Crippen LogP contribution < -0.4 is 11.1 Å². The van der Waals surface area contributed by atoms with E-state index in [4.69, 9.17) is 5.73 Å². The number of amides is 1. The molecule has 0 aromatic heterocycles. The highest BCUT2D eigenvalue weighted by Gasteiger charge is 2.26. The lowest BCUT2D eigenvalue weighted by Gasteiger charge is -2.31. The summed E-state index contributed by atoms with van der Waals surface area (Å²) in [6.45, 7) is 4.31. The lowest BCUT2D eigenvalue weighted by atomic mass is 9.92. The highest BCUT2D eigenvalue weighted by atomic mass is 32.2. The van der Waals surface area contributed by atoms with Gasteiger partial charge in [-0.05, 0) is 37.1 Å². The Bertz CT molecular complexity index is 425. The number of nitrogens with two attached hydrogens (primary N) is 1. The van der Waals surface area contributed by atoms with Crippen LogP contribution in [0.4, 0.5) is 8.78 Å². The summed E-state index contributed by atoms with van der Waals surface area (Å²) in [6.07, 6.45) is 1.48. The number of carbonyl (C=O) groups excluding carboxylic acids is 1. The molecule has 0 bridgehead atoms. The van der Waals surface area contributed by atoms with E-state index in [-0.39, 0.29) is 5.91 Å². The van der Waals surface area contributed by atoms with E-state index in [1.54, 1.807) is 12.1 Å². The smallest absolute Gasteiger partial charge is 0.288 e. The van der Waals surface area contributed by atoms with Gasteiger partial charge in [0.05, 0.1) is 5.54 Å². The average Bonchev–Trinajstić information content (AvgIpc) is 2.45. The first kappa shape index (κ1) is 16.9. The summed E-state index contributed by atoms with van der Waals surface area (Å²) in [4.78, 5) is 12.6. The Morgan fingerprint density at radius 2 is 1.85 bits per heavy atom. The number of rotatable bonds is 7. The molecule has 20 heavy (non-hydrogen) atoms. The van der Waals surface area contributed by atoms with Crippen molar-refractivity contribution in [2.75, 3.05) is 6.54 Å². The van der Waals surface area contributed by atoms with Gasteiger partial charge in [-0.2, -0.15) is 8.78 Å². The van der Waals surface area contributed by atoms with Gasteiger partial charge in [-0.15, -0.1) is 0 Å². The molecule has 1 aromatic rings. The van der Waals surface area contributed by atoms with Crippen molar-refractivity contribution in [3.8, 4) is 0 Å². The Morgan fingerprint density at radius 1 is 1.30 bits per heavy atom. The van der Waals surface area contributed by atoms with Gasteiger partial charge >= 0.3 is 0 Å². The summed E-state index contributed by atoms with van der Waals surface area (Å²) in [7, 11) is 0. The van der Waals surface area contributed by atoms with Crippen molar-refractivity contribution in [1.29, 1.82) is 0 Å². The van der Waals surface area contributed by atoms with Gasteiger partial charge in [0.2, 0.25) is 0 Å². The van der Waals surface area contributed by atoms with E-state index in [1.807, 2.05) is 13.8 Å². The molecule has 3 nitrogen and oxygen atoms in total. The predicted molar refractivity (Wildman–Crippen MR) is 78.1 cm³/mol. The molecule has 0 heterocycles. The second kappa shape index (κ2) is 7.59. The Balaban J connectivity index is 2.77. The van der Waals surface area contributed by atoms with Crippen LogP contribution in [0, 0.1) is 0 Å². The molecule has 0 fully saturated rings. The van der Waals surface area contributed by atoms with Gasteiger partial charge in [-0.1, -0.05) is 25.6 Å². The maximum Gasteiger partial charge on any atom is 0.288 e. The minimum absolute atomic E-state index is 0.229.